The summed E-state index contributed by atoms with van der Waals surface area (Å²) in [4.78, 5) is 15.5. The van der Waals surface area contributed by atoms with E-state index in [1.807, 2.05) is 71.6 Å². The molecule has 1 fully saturated rings. The first-order chi connectivity index (χ1) is 17.5. The SMILES string of the molecule is CCCCCN1C(=O)/C(=C/c2cn(-c3ccccc3)nc2-c2ccc(OCCC(C)C)cc2)SC1=S. The van der Waals surface area contributed by atoms with Crippen molar-refractivity contribution in [2.24, 2.45) is 5.92 Å². The summed E-state index contributed by atoms with van der Waals surface area (Å²) in [5.41, 5.74) is 3.61. The van der Waals surface area contributed by atoms with E-state index in [1.165, 1.54) is 11.8 Å². The largest absolute Gasteiger partial charge is 0.494 e. The summed E-state index contributed by atoms with van der Waals surface area (Å²) in [6.45, 7) is 7.90. The number of ether oxygens (including phenoxy) is 1. The highest BCUT2D eigenvalue weighted by atomic mass is 32.2. The number of rotatable bonds is 11. The van der Waals surface area contributed by atoms with Crippen molar-refractivity contribution in [3.8, 4) is 22.7 Å². The maximum atomic E-state index is 13.1. The van der Waals surface area contributed by atoms with Gasteiger partial charge in [-0.1, -0.05) is 75.8 Å². The molecule has 1 aliphatic heterocycles. The Hall–Kier alpha value is -2.90. The third kappa shape index (κ3) is 6.45. The smallest absolute Gasteiger partial charge is 0.266 e. The highest BCUT2D eigenvalue weighted by Gasteiger charge is 2.32. The molecule has 0 unspecified atom stereocenters. The van der Waals surface area contributed by atoms with Gasteiger partial charge in [-0.2, -0.15) is 5.10 Å². The molecule has 5 nitrogen and oxygen atoms in total. The molecule has 4 rings (SSSR count). The molecule has 3 aromatic rings. The minimum atomic E-state index is -0.0200. The Morgan fingerprint density at radius 3 is 2.53 bits per heavy atom. The van der Waals surface area contributed by atoms with Gasteiger partial charge < -0.3 is 4.74 Å². The lowest BCUT2D eigenvalue weighted by molar-refractivity contribution is -0.122. The molecule has 2 heterocycles. The number of unbranched alkanes of at least 4 members (excludes halogenated alkanes) is 2. The van der Waals surface area contributed by atoms with E-state index >= 15 is 0 Å². The summed E-state index contributed by atoms with van der Waals surface area (Å²) < 4.78 is 8.38. The zero-order valence-electron chi connectivity index (χ0n) is 21.1. The van der Waals surface area contributed by atoms with Crippen LogP contribution in [0.2, 0.25) is 0 Å². The van der Waals surface area contributed by atoms with E-state index in [9.17, 15) is 4.79 Å². The van der Waals surface area contributed by atoms with Crippen LogP contribution in [0.4, 0.5) is 0 Å². The summed E-state index contributed by atoms with van der Waals surface area (Å²) in [5.74, 6) is 1.43. The van der Waals surface area contributed by atoms with Crippen molar-refractivity contribution >= 4 is 40.3 Å². The lowest BCUT2D eigenvalue weighted by Gasteiger charge is -2.13. The fraction of sp³-hybridized carbons (Fsp3) is 0.345. The van der Waals surface area contributed by atoms with Gasteiger partial charge in [-0.15, -0.1) is 0 Å². The highest BCUT2D eigenvalue weighted by Crippen LogP contribution is 2.35. The molecule has 0 aliphatic carbocycles. The van der Waals surface area contributed by atoms with Gasteiger partial charge in [0.1, 0.15) is 10.1 Å². The van der Waals surface area contributed by atoms with Gasteiger partial charge in [0.25, 0.3) is 5.91 Å². The molecule has 7 heteroatoms. The van der Waals surface area contributed by atoms with Crippen LogP contribution in [-0.4, -0.2) is 38.1 Å². The van der Waals surface area contributed by atoms with Gasteiger partial charge in [0.15, 0.2) is 0 Å². The number of para-hydroxylation sites is 1. The van der Waals surface area contributed by atoms with Gasteiger partial charge in [-0.05, 0) is 61.2 Å². The molecule has 0 bridgehead atoms. The molecule has 1 saturated heterocycles. The van der Waals surface area contributed by atoms with Crippen LogP contribution in [0, 0.1) is 5.92 Å². The Bertz CT molecular complexity index is 1220. The molecule has 1 aromatic heterocycles. The van der Waals surface area contributed by atoms with Gasteiger partial charge >= 0.3 is 0 Å². The topological polar surface area (TPSA) is 47.4 Å². The standard InChI is InChI=1S/C29H33N3O2S2/c1-4-5-9-17-31-28(33)26(36-29(31)35)19-23-20-32(24-10-7-6-8-11-24)30-27(23)22-12-14-25(15-13-22)34-18-16-21(2)3/h6-8,10-15,19-21H,4-5,9,16-18H2,1-3H3/b26-19-. The number of thioether (sulfide) groups is 1. The number of carbonyl (C=O) groups is 1. The van der Waals surface area contributed by atoms with Gasteiger partial charge in [-0.25, -0.2) is 4.68 Å². The molecule has 0 saturated carbocycles. The number of benzene rings is 2. The number of hydrogen-bond donors (Lipinski definition) is 0. The third-order valence-corrected chi connectivity index (χ3v) is 7.38. The monoisotopic (exact) mass is 519 g/mol. The number of aromatic nitrogens is 2. The zero-order chi connectivity index (χ0) is 25.5. The molecule has 0 radical (unpaired) electrons. The summed E-state index contributed by atoms with van der Waals surface area (Å²) in [6, 6.07) is 18.0. The molecule has 36 heavy (non-hydrogen) atoms. The zero-order valence-corrected chi connectivity index (χ0v) is 22.8. The molecule has 1 aliphatic rings. The Kier molecular flexibility index (Phi) is 8.99. The number of hydrogen-bond acceptors (Lipinski definition) is 5. The first kappa shape index (κ1) is 26.2. The summed E-state index contributed by atoms with van der Waals surface area (Å²) in [7, 11) is 0. The van der Waals surface area contributed by atoms with E-state index in [0.717, 1.165) is 53.9 Å². The molecular weight excluding hydrogens is 486 g/mol. The van der Waals surface area contributed by atoms with Crippen LogP contribution in [0.5, 0.6) is 5.75 Å². The number of amides is 1. The van der Waals surface area contributed by atoms with E-state index in [0.29, 0.717) is 28.3 Å². The number of thiocarbonyl (C=S) groups is 1. The summed E-state index contributed by atoms with van der Waals surface area (Å²) in [6.07, 6.45) is 8.06. The van der Waals surface area contributed by atoms with E-state index in [2.05, 4.69) is 20.8 Å². The van der Waals surface area contributed by atoms with Crippen molar-refractivity contribution in [2.75, 3.05) is 13.2 Å². The Morgan fingerprint density at radius 1 is 1.08 bits per heavy atom. The molecule has 2 aromatic carbocycles. The van der Waals surface area contributed by atoms with Crippen LogP contribution < -0.4 is 4.74 Å². The van der Waals surface area contributed by atoms with Crippen molar-refractivity contribution in [1.82, 2.24) is 14.7 Å². The van der Waals surface area contributed by atoms with Crippen LogP contribution in [-0.2, 0) is 4.79 Å². The van der Waals surface area contributed by atoms with Gasteiger partial charge in [0, 0.05) is 23.9 Å². The minimum Gasteiger partial charge on any atom is -0.494 e. The maximum Gasteiger partial charge on any atom is 0.266 e. The van der Waals surface area contributed by atoms with Gasteiger partial charge in [-0.3, -0.25) is 9.69 Å². The molecule has 0 atom stereocenters. The van der Waals surface area contributed by atoms with Gasteiger partial charge in [0.2, 0.25) is 0 Å². The fourth-order valence-electron chi connectivity index (χ4n) is 3.91. The Balaban J connectivity index is 1.63. The number of carbonyl (C=O) groups excluding carboxylic acids is 1. The predicted octanol–water partition coefficient (Wildman–Crippen LogP) is 7.36. The van der Waals surface area contributed by atoms with Crippen molar-refractivity contribution < 1.29 is 9.53 Å². The molecule has 0 N–H and O–H groups in total. The third-order valence-electron chi connectivity index (χ3n) is 6.00. The average molecular weight is 520 g/mol. The quantitative estimate of drug-likeness (QED) is 0.150. The van der Waals surface area contributed by atoms with Gasteiger partial charge in [0.05, 0.1) is 22.9 Å². The molecular formula is C29H33N3O2S2. The van der Waals surface area contributed by atoms with Crippen LogP contribution in [0.3, 0.4) is 0 Å². The second-order valence-corrected chi connectivity index (χ2v) is 11.0. The average Bonchev–Trinajstić information content (AvgIpc) is 3.41. The van der Waals surface area contributed by atoms with E-state index in [4.69, 9.17) is 22.1 Å². The minimum absolute atomic E-state index is 0.0200. The van der Waals surface area contributed by atoms with Crippen molar-refractivity contribution in [1.29, 1.82) is 0 Å². The maximum absolute atomic E-state index is 13.1. The predicted molar refractivity (Wildman–Crippen MR) is 153 cm³/mol. The molecule has 1 amide bonds. The molecule has 0 spiro atoms. The first-order valence-electron chi connectivity index (χ1n) is 12.6. The fourth-order valence-corrected chi connectivity index (χ4v) is 5.21. The summed E-state index contributed by atoms with van der Waals surface area (Å²) in [5, 5.41) is 4.90. The Morgan fingerprint density at radius 2 is 1.83 bits per heavy atom. The number of nitrogens with zero attached hydrogens (tertiary/aromatic N) is 3. The van der Waals surface area contributed by atoms with Crippen LogP contribution in [0.15, 0.2) is 65.7 Å². The molecule has 188 valence electrons. The second-order valence-electron chi connectivity index (χ2n) is 9.31. The summed E-state index contributed by atoms with van der Waals surface area (Å²) >= 11 is 6.90. The van der Waals surface area contributed by atoms with Crippen LogP contribution >= 0.6 is 24.0 Å². The van der Waals surface area contributed by atoms with Crippen molar-refractivity contribution in [3.63, 3.8) is 0 Å². The second kappa shape index (κ2) is 12.4. The van der Waals surface area contributed by atoms with Crippen LogP contribution in [0.1, 0.15) is 52.0 Å². The van der Waals surface area contributed by atoms with Crippen LogP contribution in [0.25, 0.3) is 23.0 Å². The lowest BCUT2D eigenvalue weighted by atomic mass is 10.1. The van der Waals surface area contributed by atoms with Crippen molar-refractivity contribution in [3.05, 3.63) is 71.3 Å². The highest BCUT2D eigenvalue weighted by molar-refractivity contribution is 8.26. The van der Waals surface area contributed by atoms with E-state index in [-0.39, 0.29) is 5.91 Å². The first-order valence-corrected chi connectivity index (χ1v) is 13.8. The van der Waals surface area contributed by atoms with E-state index < -0.39 is 0 Å². The Labute approximate surface area is 223 Å². The lowest BCUT2D eigenvalue weighted by Crippen LogP contribution is -2.28. The van der Waals surface area contributed by atoms with E-state index in [1.54, 1.807) is 4.90 Å². The van der Waals surface area contributed by atoms with Crippen molar-refractivity contribution in [2.45, 2.75) is 46.5 Å². The normalized spacial score (nSPS) is 14.9.